The SMILES string of the molecule is CCCCCC[N+](CO)(CCCC)CCCC.[Br-]. The number of unbranched alkanes of at least 4 members (excludes halogenated alkanes) is 5. The van der Waals surface area contributed by atoms with Gasteiger partial charge < -0.3 is 26.6 Å². The van der Waals surface area contributed by atoms with Crippen molar-refractivity contribution in [3.8, 4) is 0 Å². The van der Waals surface area contributed by atoms with Crippen LogP contribution in [0.5, 0.6) is 0 Å². The van der Waals surface area contributed by atoms with E-state index in [4.69, 9.17) is 0 Å². The largest absolute Gasteiger partial charge is 1.00 e. The van der Waals surface area contributed by atoms with Crippen molar-refractivity contribution in [2.45, 2.75) is 72.1 Å². The third kappa shape index (κ3) is 9.35. The van der Waals surface area contributed by atoms with E-state index in [1.165, 1.54) is 71.0 Å². The third-order valence-corrected chi connectivity index (χ3v) is 3.76. The van der Waals surface area contributed by atoms with Crippen molar-refractivity contribution >= 4 is 0 Å². The lowest BCUT2D eigenvalue weighted by molar-refractivity contribution is -0.945. The quantitative estimate of drug-likeness (QED) is 0.322. The van der Waals surface area contributed by atoms with Gasteiger partial charge in [-0.1, -0.05) is 46.5 Å². The van der Waals surface area contributed by atoms with Gasteiger partial charge in [0.25, 0.3) is 0 Å². The number of halogens is 1. The van der Waals surface area contributed by atoms with Crippen LogP contribution < -0.4 is 17.0 Å². The van der Waals surface area contributed by atoms with Crippen molar-refractivity contribution in [3.05, 3.63) is 0 Å². The summed E-state index contributed by atoms with van der Waals surface area (Å²) in [6.45, 7) is 10.6. The van der Waals surface area contributed by atoms with Gasteiger partial charge in [-0.3, -0.25) is 0 Å². The first-order valence-corrected chi connectivity index (χ1v) is 7.70. The van der Waals surface area contributed by atoms with Gasteiger partial charge in [0, 0.05) is 0 Å². The van der Waals surface area contributed by atoms with Gasteiger partial charge in [0.05, 0.1) is 19.6 Å². The normalized spacial score (nSPS) is 11.3. The van der Waals surface area contributed by atoms with E-state index in [1.54, 1.807) is 0 Å². The van der Waals surface area contributed by atoms with Crippen LogP contribution in [0.15, 0.2) is 0 Å². The van der Waals surface area contributed by atoms with Crippen LogP contribution in [0, 0.1) is 0 Å². The zero-order valence-electron chi connectivity index (χ0n) is 12.8. The summed E-state index contributed by atoms with van der Waals surface area (Å²) in [6, 6.07) is 0. The van der Waals surface area contributed by atoms with Crippen LogP contribution in [0.1, 0.15) is 72.1 Å². The Morgan fingerprint density at radius 1 is 0.667 bits per heavy atom. The summed E-state index contributed by atoms with van der Waals surface area (Å²) in [5, 5.41) is 9.76. The zero-order chi connectivity index (χ0) is 13.0. The zero-order valence-corrected chi connectivity index (χ0v) is 14.3. The maximum Gasteiger partial charge on any atom is 0.180 e. The van der Waals surface area contributed by atoms with E-state index < -0.39 is 0 Å². The van der Waals surface area contributed by atoms with Crippen molar-refractivity contribution in [2.75, 3.05) is 26.4 Å². The van der Waals surface area contributed by atoms with Gasteiger partial charge in [0.1, 0.15) is 0 Å². The smallest absolute Gasteiger partial charge is 0.180 e. The Hall–Kier alpha value is 0.400. The summed E-state index contributed by atoms with van der Waals surface area (Å²) >= 11 is 0. The molecule has 0 atom stereocenters. The van der Waals surface area contributed by atoms with Gasteiger partial charge in [-0.25, -0.2) is 0 Å². The first-order valence-electron chi connectivity index (χ1n) is 7.70. The van der Waals surface area contributed by atoms with Crippen LogP contribution in [0.3, 0.4) is 0 Å². The average Bonchev–Trinajstić information content (AvgIpc) is 2.37. The molecule has 0 aliphatic heterocycles. The minimum atomic E-state index is 0. The second kappa shape index (κ2) is 13.8. The Labute approximate surface area is 125 Å². The molecule has 0 saturated carbocycles. The average molecular weight is 324 g/mol. The molecule has 0 spiro atoms. The Morgan fingerprint density at radius 2 is 1.11 bits per heavy atom. The number of quaternary nitrogens is 1. The molecule has 0 fully saturated rings. The Kier molecular flexibility index (Phi) is 15.9. The van der Waals surface area contributed by atoms with Crippen molar-refractivity contribution in [3.63, 3.8) is 0 Å². The number of rotatable bonds is 12. The molecule has 0 radical (unpaired) electrons. The molecular formula is C15H34BrNO. The fraction of sp³-hybridized carbons (Fsp3) is 1.00. The molecule has 0 bridgehead atoms. The molecule has 2 nitrogen and oxygen atoms in total. The molecule has 0 aromatic rings. The predicted molar refractivity (Wildman–Crippen MR) is 75.9 cm³/mol. The summed E-state index contributed by atoms with van der Waals surface area (Å²) in [6.07, 6.45) is 10.2. The molecule has 112 valence electrons. The molecule has 0 rings (SSSR count). The highest BCUT2D eigenvalue weighted by Gasteiger charge is 2.24. The lowest BCUT2D eigenvalue weighted by Crippen LogP contribution is -3.00. The first kappa shape index (κ1) is 20.7. The van der Waals surface area contributed by atoms with Gasteiger partial charge in [-0.15, -0.1) is 0 Å². The molecule has 0 saturated heterocycles. The van der Waals surface area contributed by atoms with Gasteiger partial charge in [-0.2, -0.15) is 0 Å². The number of aliphatic hydroxyl groups is 1. The lowest BCUT2D eigenvalue weighted by atomic mass is 10.1. The maximum absolute atomic E-state index is 9.76. The Morgan fingerprint density at radius 3 is 1.50 bits per heavy atom. The van der Waals surface area contributed by atoms with Crippen LogP contribution >= 0.6 is 0 Å². The first-order chi connectivity index (χ1) is 8.24. The molecule has 1 N–H and O–H groups in total. The molecule has 0 aromatic heterocycles. The summed E-state index contributed by atoms with van der Waals surface area (Å²) in [4.78, 5) is 0. The van der Waals surface area contributed by atoms with Gasteiger partial charge in [-0.05, 0) is 25.7 Å². The van der Waals surface area contributed by atoms with Gasteiger partial charge in [0.2, 0.25) is 0 Å². The number of aliphatic hydroxyl groups excluding tert-OH is 1. The van der Waals surface area contributed by atoms with Crippen molar-refractivity contribution < 1.29 is 26.6 Å². The van der Waals surface area contributed by atoms with E-state index in [1.807, 2.05) is 0 Å². The molecule has 0 aliphatic rings. The molecule has 0 aromatic carbocycles. The maximum atomic E-state index is 9.76. The van der Waals surface area contributed by atoms with E-state index in [0.29, 0.717) is 6.73 Å². The summed E-state index contributed by atoms with van der Waals surface area (Å²) in [5.74, 6) is 0. The molecule has 0 heterocycles. The van der Waals surface area contributed by atoms with Gasteiger partial charge in [0.15, 0.2) is 6.73 Å². The highest BCUT2D eigenvalue weighted by atomic mass is 79.9. The van der Waals surface area contributed by atoms with Crippen molar-refractivity contribution in [1.82, 2.24) is 0 Å². The van der Waals surface area contributed by atoms with Gasteiger partial charge >= 0.3 is 0 Å². The molecule has 3 heteroatoms. The predicted octanol–water partition coefficient (Wildman–Crippen LogP) is 0.938. The topological polar surface area (TPSA) is 20.2 Å². The molecule has 0 amide bonds. The fourth-order valence-corrected chi connectivity index (χ4v) is 2.41. The minimum Gasteiger partial charge on any atom is -1.00 e. The summed E-state index contributed by atoms with van der Waals surface area (Å²) < 4.78 is 0.950. The standard InChI is InChI=1S/C15H34NO.BrH/c1-4-7-10-11-14-16(15-17,12-8-5-2)13-9-6-3;/h17H,4-15H2,1-3H3;1H/q+1;/p-1. The Bertz CT molecular complexity index is 157. The van der Waals surface area contributed by atoms with E-state index in [0.717, 1.165) is 4.48 Å². The van der Waals surface area contributed by atoms with E-state index >= 15 is 0 Å². The van der Waals surface area contributed by atoms with Crippen LogP contribution in [0.25, 0.3) is 0 Å². The van der Waals surface area contributed by atoms with Crippen LogP contribution in [-0.4, -0.2) is 36.0 Å². The highest BCUT2D eigenvalue weighted by Crippen LogP contribution is 2.14. The second-order valence-corrected chi connectivity index (χ2v) is 5.42. The second-order valence-electron chi connectivity index (χ2n) is 5.42. The molecular weight excluding hydrogens is 290 g/mol. The molecule has 0 unspecified atom stereocenters. The minimum absolute atomic E-state index is 0. The van der Waals surface area contributed by atoms with Crippen molar-refractivity contribution in [1.29, 1.82) is 0 Å². The Balaban J connectivity index is 0. The number of nitrogens with zero attached hydrogens (tertiary/aromatic N) is 1. The fourth-order valence-electron chi connectivity index (χ4n) is 2.41. The number of hydrogen-bond donors (Lipinski definition) is 1. The monoisotopic (exact) mass is 323 g/mol. The van der Waals surface area contributed by atoms with E-state index in [9.17, 15) is 5.11 Å². The summed E-state index contributed by atoms with van der Waals surface area (Å²) in [7, 11) is 0. The molecule has 18 heavy (non-hydrogen) atoms. The highest BCUT2D eigenvalue weighted by molar-refractivity contribution is 4.47. The van der Waals surface area contributed by atoms with Crippen molar-refractivity contribution in [2.24, 2.45) is 0 Å². The molecule has 0 aliphatic carbocycles. The third-order valence-electron chi connectivity index (χ3n) is 3.76. The van der Waals surface area contributed by atoms with Crippen LogP contribution in [0.4, 0.5) is 0 Å². The van der Waals surface area contributed by atoms with E-state index in [-0.39, 0.29) is 17.0 Å². The number of hydrogen-bond acceptors (Lipinski definition) is 1. The van der Waals surface area contributed by atoms with Crippen LogP contribution in [-0.2, 0) is 0 Å². The van der Waals surface area contributed by atoms with Crippen LogP contribution in [0.2, 0.25) is 0 Å². The lowest BCUT2D eigenvalue weighted by Gasteiger charge is -2.37. The summed E-state index contributed by atoms with van der Waals surface area (Å²) in [5.41, 5.74) is 0. The van der Waals surface area contributed by atoms with E-state index in [2.05, 4.69) is 20.8 Å².